The van der Waals surface area contributed by atoms with Gasteiger partial charge in [0.05, 0.1) is 0 Å². The van der Waals surface area contributed by atoms with Gasteiger partial charge in [-0.3, -0.25) is 4.79 Å². The number of carbonyl (C=O) groups excluding carboxylic acids is 1. The fourth-order valence-electron chi connectivity index (χ4n) is 3.94. The van der Waals surface area contributed by atoms with E-state index in [0.29, 0.717) is 5.92 Å². The number of benzene rings is 2. The van der Waals surface area contributed by atoms with Gasteiger partial charge in [0, 0.05) is 5.56 Å². The number of rotatable bonds is 6. The lowest BCUT2D eigenvalue weighted by molar-refractivity contribution is 0.104. The van der Waals surface area contributed by atoms with Gasteiger partial charge in [0.1, 0.15) is 0 Å². The van der Waals surface area contributed by atoms with Crippen molar-refractivity contribution < 1.29 is 4.79 Å². The molecule has 0 spiro atoms. The van der Waals surface area contributed by atoms with E-state index >= 15 is 0 Å². The first-order chi connectivity index (χ1) is 12.3. The third kappa shape index (κ3) is 4.92. The van der Waals surface area contributed by atoms with Crippen molar-refractivity contribution in [2.24, 2.45) is 5.92 Å². The van der Waals surface area contributed by atoms with Crippen LogP contribution in [0.5, 0.6) is 0 Å². The summed E-state index contributed by atoms with van der Waals surface area (Å²) in [5.74, 6) is 1.68. The maximum absolute atomic E-state index is 12.3. The van der Waals surface area contributed by atoms with E-state index in [1.807, 2.05) is 48.5 Å². The van der Waals surface area contributed by atoms with Crippen molar-refractivity contribution in [2.75, 3.05) is 0 Å². The molecule has 1 nitrogen and oxygen atoms in total. The van der Waals surface area contributed by atoms with Crippen molar-refractivity contribution in [3.05, 3.63) is 77.4 Å². The Labute approximate surface area is 151 Å². The topological polar surface area (TPSA) is 17.1 Å². The molecule has 3 rings (SSSR count). The highest BCUT2D eigenvalue weighted by Crippen LogP contribution is 2.37. The first kappa shape index (κ1) is 17.7. The van der Waals surface area contributed by atoms with Crippen LogP contribution in [0.3, 0.4) is 0 Å². The van der Waals surface area contributed by atoms with Crippen LogP contribution in [0.4, 0.5) is 0 Å². The van der Waals surface area contributed by atoms with Gasteiger partial charge in [-0.05, 0) is 54.7 Å². The van der Waals surface area contributed by atoms with E-state index in [1.54, 1.807) is 6.08 Å². The fourth-order valence-corrected chi connectivity index (χ4v) is 3.94. The zero-order chi connectivity index (χ0) is 17.5. The van der Waals surface area contributed by atoms with E-state index in [-0.39, 0.29) is 5.78 Å². The summed E-state index contributed by atoms with van der Waals surface area (Å²) >= 11 is 0. The van der Waals surface area contributed by atoms with Crippen molar-refractivity contribution in [2.45, 2.75) is 51.4 Å². The molecule has 0 unspecified atom stereocenters. The first-order valence-corrected chi connectivity index (χ1v) is 9.63. The standard InChI is InChI=1S/C24H28O/c1-2-6-19-9-12-21(13-10-19)22-14-16-23(17-15-22)24(25)18-11-20-7-4-3-5-8-20/h3-5,7-8,11,14-19,21H,2,6,9-10,12-13H2,1H3/b18-11+. The van der Waals surface area contributed by atoms with Gasteiger partial charge in [-0.25, -0.2) is 0 Å². The zero-order valence-corrected chi connectivity index (χ0v) is 15.2. The Balaban J connectivity index is 1.59. The lowest BCUT2D eigenvalue weighted by Gasteiger charge is -2.28. The summed E-state index contributed by atoms with van der Waals surface area (Å²) in [5.41, 5.74) is 3.23. The summed E-state index contributed by atoms with van der Waals surface area (Å²) in [4.78, 5) is 12.3. The Morgan fingerprint density at radius 1 is 0.960 bits per heavy atom. The molecule has 1 heteroatoms. The Kier molecular flexibility index (Phi) is 6.22. The molecule has 25 heavy (non-hydrogen) atoms. The van der Waals surface area contributed by atoms with Gasteiger partial charge in [0.25, 0.3) is 0 Å². The van der Waals surface area contributed by atoms with E-state index < -0.39 is 0 Å². The molecule has 0 atom stereocenters. The van der Waals surface area contributed by atoms with Crippen LogP contribution in [0, 0.1) is 5.92 Å². The van der Waals surface area contributed by atoms with Crippen LogP contribution in [-0.4, -0.2) is 5.78 Å². The van der Waals surface area contributed by atoms with Gasteiger partial charge in [0.15, 0.2) is 5.78 Å². The second-order valence-electron chi connectivity index (χ2n) is 7.24. The second kappa shape index (κ2) is 8.80. The van der Waals surface area contributed by atoms with Gasteiger partial charge >= 0.3 is 0 Å². The molecule has 0 aromatic heterocycles. The maximum atomic E-state index is 12.3. The normalized spacial score (nSPS) is 20.7. The number of hydrogen-bond acceptors (Lipinski definition) is 1. The Morgan fingerprint density at radius 2 is 1.64 bits per heavy atom. The van der Waals surface area contributed by atoms with Crippen LogP contribution in [0.25, 0.3) is 6.08 Å². The van der Waals surface area contributed by atoms with E-state index in [0.717, 1.165) is 17.0 Å². The van der Waals surface area contributed by atoms with Crippen molar-refractivity contribution in [3.63, 3.8) is 0 Å². The van der Waals surface area contributed by atoms with Gasteiger partial charge in [0.2, 0.25) is 0 Å². The summed E-state index contributed by atoms with van der Waals surface area (Å²) in [7, 11) is 0. The molecule has 130 valence electrons. The zero-order valence-electron chi connectivity index (χ0n) is 15.2. The predicted molar refractivity (Wildman–Crippen MR) is 106 cm³/mol. The Bertz CT molecular complexity index is 689. The van der Waals surface area contributed by atoms with Gasteiger partial charge in [-0.2, -0.15) is 0 Å². The van der Waals surface area contributed by atoms with Crippen LogP contribution in [-0.2, 0) is 0 Å². The minimum Gasteiger partial charge on any atom is -0.289 e. The fraction of sp³-hybridized carbons (Fsp3) is 0.375. The number of carbonyl (C=O) groups is 1. The summed E-state index contributed by atoms with van der Waals surface area (Å²) < 4.78 is 0. The first-order valence-electron chi connectivity index (χ1n) is 9.63. The molecule has 0 aliphatic heterocycles. The number of allylic oxidation sites excluding steroid dienone is 1. The third-order valence-corrected chi connectivity index (χ3v) is 5.44. The summed E-state index contributed by atoms with van der Waals surface area (Å²) in [5, 5.41) is 0. The van der Waals surface area contributed by atoms with Crippen LogP contribution in [0.15, 0.2) is 60.7 Å². The minimum absolute atomic E-state index is 0.0713. The Morgan fingerprint density at radius 3 is 2.28 bits per heavy atom. The number of hydrogen-bond donors (Lipinski definition) is 0. The van der Waals surface area contributed by atoms with Crippen LogP contribution >= 0.6 is 0 Å². The summed E-state index contributed by atoms with van der Waals surface area (Å²) in [6.07, 6.45) is 11.6. The van der Waals surface area contributed by atoms with Crippen molar-refractivity contribution in [1.82, 2.24) is 0 Å². The van der Waals surface area contributed by atoms with Gasteiger partial charge in [-0.1, -0.05) is 80.4 Å². The molecular formula is C24H28O. The number of ketones is 1. The molecule has 0 radical (unpaired) electrons. The molecule has 1 saturated carbocycles. The third-order valence-electron chi connectivity index (χ3n) is 5.44. The molecule has 0 heterocycles. The minimum atomic E-state index is 0.0713. The SMILES string of the molecule is CCCC1CCC(c2ccc(C(=O)/C=C/c3ccccc3)cc2)CC1. The molecule has 0 amide bonds. The van der Waals surface area contributed by atoms with Gasteiger partial charge in [-0.15, -0.1) is 0 Å². The lowest BCUT2D eigenvalue weighted by atomic mass is 9.77. The highest BCUT2D eigenvalue weighted by atomic mass is 16.1. The molecule has 2 aromatic carbocycles. The van der Waals surface area contributed by atoms with E-state index in [1.165, 1.54) is 44.1 Å². The van der Waals surface area contributed by atoms with E-state index in [9.17, 15) is 4.79 Å². The molecule has 0 saturated heterocycles. The van der Waals surface area contributed by atoms with Crippen molar-refractivity contribution in [1.29, 1.82) is 0 Å². The average Bonchev–Trinajstić information content (AvgIpc) is 2.68. The molecule has 0 N–H and O–H groups in total. The molecule has 1 aliphatic rings. The van der Waals surface area contributed by atoms with E-state index in [2.05, 4.69) is 19.1 Å². The van der Waals surface area contributed by atoms with Crippen LogP contribution in [0.2, 0.25) is 0 Å². The largest absolute Gasteiger partial charge is 0.289 e. The van der Waals surface area contributed by atoms with Gasteiger partial charge < -0.3 is 0 Å². The smallest absolute Gasteiger partial charge is 0.185 e. The summed E-state index contributed by atoms with van der Waals surface area (Å²) in [6.45, 7) is 2.29. The molecule has 1 aliphatic carbocycles. The second-order valence-corrected chi connectivity index (χ2v) is 7.24. The lowest BCUT2D eigenvalue weighted by Crippen LogP contribution is -2.13. The van der Waals surface area contributed by atoms with Crippen LogP contribution in [0.1, 0.15) is 72.9 Å². The summed E-state index contributed by atoms with van der Waals surface area (Å²) in [6, 6.07) is 18.2. The van der Waals surface area contributed by atoms with Crippen molar-refractivity contribution >= 4 is 11.9 Å². The van der Waals surface area contributed by atoms with E-state index in [4.69, 9.17) is 0 Å². The predicted octanol–water partition coefficient (Wildman–Crippen LogP) is 6.66. The van der Waals surface area contributed by atoms with Crippen molar-refractivity contribution in [3.8, 4) is 0 Å². The molecule has 2 aromatic rings. The molecular weight excluding hydrogens is 304 g/mol. The monoisotopic (exact) mass is 332 g/mol. The maximum Gasteiger partial charge on any atom is 0.185 e. The molecule has 0 bridgehead atoms. The average molecular weight is 332 g/mol. The van der Waals surface area contributed by atoms with Crippen LogP contribution < -0.4 is 0 Å². The Hall–Kier alpha value is -2.15. The molecule has 1 fully saturated rings. The highest BCUT2D eigenvalue weighted by molar-refractivity contribution is 6.06. The highest BCUT2D eigenvalue weighted by Gasteiger charge is 2.21. The quantitative estimate of drug-likeness (QED) is 0.427.